The molecule has 3 aromatic rings. The molecule has 0 aliphatic carbocycles. The summed E-state index contributed by atoms with van der Waals surface area (Å²) >= 11 is 3.28. The number of anilines is 1. The van der Waals surface area contributed by atoms with Crippen molar-refractivity contribution in [1.29, 1.82) is 0 Å². The van der Waals surface area contributed by atoms with Gasteiger partial charge in [-0.25, -0.2) is 9.78 Å². The van der Waals surface area contributed by atoms with Crippen LogP contribution in [0.4, 0.5) is 10.5 Å². The number of carbonyl (C=O) groups is 1. The minimum absolute atomic E-state index is 0.245. The molecule has 0 unspecified atom stereocenters. The average Bonchev–Trinajstić information content (AvgIpc) is 3.23. The molecule has 2 amide bonds. The molecule has 3 rings (SSSR count). The molecule has 0 aliphatic rings. The van der Waals surface area contributed by atoms with Crippen molar-refractivity contribution in [2.24, 2.45) is 0 Å². The van der Waals surface area contributed by atoms with E-state index in [0.29, 0.717) is 12.2 Å². The second-order valence-corrected chi connectivity index (χ2v) is 7.07. The molecule has 2 N–H and O–H groups in total. The Kier molecular flexibility index (Phi) is 5.12. The lowest BCUT2D eigenvalue weighted by atomic mass is 10.3. The molecule has 124 valence electrons. The Morgan fingerprint density at radius 3 is 2.71 bits per heavy atom. The predicted molar refractivity (Wildman–Crippen MR) is 99.0 cm³/mol. The quantitative estimate of drug-likeness (QED) is 0.704. The van der Waals surface area contributed by atoms with Gasteiger partial charge >= 0.3 is 6.03 Å². The van der Waals surface area contributed by atoms with E-state index in [9.17, 15) is 4.79 Å². The van der Waals surface area contributed by atoms with E-state index < -0.39 is 0 Å². The third-order valence-electron chi connectivity index (χ3n) is 3.38. The van der Waals surface area contributed by atoms with Gasteiger partial charge in [-0.2, -0.15) is 0 Å². The van der Waals surface area contributed by atoms with Crippen molar-refractivity contribution in [1.82, 2.24) is 10.3 Å². The molecule has 24 heavy (non-hydrogen) atoms. The third-order valence-corrected chi connectivity index (χ3v) is 5.58. The lowest BCUT2D eigenvalue weighted by Gasteiger charge is -2.07. The van der Waals surface area contributed by atoms with Crippen LogP contribution in [-0.2, 0) is 6.54 Å². The Morgan fingerprint density at radius 1 is 1.25 bits per heavy atom. The number of thiazole rings is 1. The molecule has 2 heterocycles. The molecule has 0 atom stereocenters. The fourth-order valence-corrected chi connectivity index (χ4v) is 3.91. The molecule has 0 saturated carbocycles. The number of thiophene rings is 1. The Bertz CT molecular complexity index is 811. The zero-order valence-electron chi connectivity index (χ0n) is 13.3. The van der Waals surface area contributed by atoms with Gasteiger partial charge in [0.1, 0.15) is 10.8 Å². The average molecular weight is 359 g/mol. The van der Waals surface area contributed by atoms with Crippen LogP contribution in [0.5, 0.6) is 5.75 Å². The number of hydrogen-bond donors (Lipinski definition) is 2. The maximum absolute atomic E-state index is 12.0. The Balaban J connectivity index is 1.58. The number of carbonyl (C=O) groups excluding carboxylic acids is 1. The van der Waals surface area contributed by atoms with Gasteiger partial charge in [0.2, 0.25) is 0 Å². The first kappa shape index (κ1) is 16.5. The highest BCUT2D eigenvalue weighted by molar-refractivity contribution is 7.21. The summed E-state index contributed by atoms with van der Waals surface area (Å²) in [4.78, 5) is 18.8. The first-order valence-electron chi connectivity index (χ1n) is 7.35. The number of aromatic nitrogens is 1. The van der Waals surface area contributed by atoms with Gasteiger partial charge in [-0.3, -0.25) is 0 Å². The van der Waals surface area contributed by atoms with E-state index >= 15 is 0 Å². The van der Waals surface area contributed by atoms with Crippen LogP contribution in [0.2, 0.25) is 0 Å². The zero-order valence-corrected chi connectivity index (χ0v) is 15.0. The van der Waals surface area contributed by atoms with Crippen LogP contribution in [0.25, 0.3) is 9.88 Å². The number of benzene rings is 1. The predicted octanol–water partition coefficient (Wildman–Crippen LogP) is 4.51. The summed E-state index contributed by atoms with van der Waals surface area (Å²) in [5, 5.41) is 8.70. The summed E-state index contributed by atoms with van der Waals surface area (Å²) < 4.78 is 5.09. The maximum Gasteiger partial charge on any atom is 0.319 e. The molecule has 2 aromatic heterocycles. The Hall–Kier alpha value is -2.38. The van der Waals surface area contributed by atoms with Crippen LogP contribution < -0.4 is 15.4 Å². The number of aryl methyl sites for hydroxylation is 1. The smallest absolute Gasteiger partial charge is 0.319 e. The standard InChI is InChI=1S/C17H17N3O2S2/c1-11-15(24-16(19-11)14-4-3-9-23-14)10-18-17(21)20-12-5-7-13(22-2)8-6-12/h3-9H,10H2,1-2H3,(H2,18,20,21). The number of amides is 2. The number of urea groups is 1. The molecule has 0 radical (unpaired) electrons. The van der Waals surface area contributed by atoms with E-state index in [0.717, 1.165) is 26.2 Å². The van der Waals surface area contributed by atoms with E-state index in [1.165, 1.54) is 0 Å². The van der Waals surface area contributed by atoms with Crippen molar-refractivity contribution in [2.75, 3.05) is 12.4 Å². The third kappa shape index (κ3) is 3.93. The minimum Gasteiger partial charge on any atom is -0.497 e. The van der Waals surface area contributed by atoms with Gasteiger partial charge in [0.15, 0.2) is 0 Å². The summed E-state index contributed by atoms with van der Waals surface area (Å²) in [5.41, 5.74) is 1.67. The topological polar surface area (TPSA) is 63.2 Å². The number of nitrogens with one attached hydrogen (secondary N) is 2. The van der Waals surface area contributed by atoms with Crippen LogP contribution in [-0.4, -0.2) is 18.1 Å². The molecular weight excluding hydrogens is 342 g/mol. The van der Waals surface area contributed by atoms with E-state index in [2.05, 4.69) is 21.7 Å². The van der Waals surface area contributed by atoms with Gasteiger partial charge in [0.05, 0.1) is 24.2 Å². The van der Waals surface area contributed by atoms with Crippen molar-refractivity contribution in [3.05, 3.63) is 52.3 Å². The zero-order chi connectivity index (χ0) is 16.9. The molecule has 0 spiro atoms. The lowest BCUT2D eigenvalue weighted by Crippen LogP contribution is -2.28. The van der Waals surface area contributed by atoms with Gasteiger partial charge in [0, 0.05) is 10.6 Å². The SMILES string of the molecule is COc1ccc(NC(=O)NCc2sc(-c3cccs3)nc2C)cc1. The Morgan fingerprint density at radius 2 is 2.04 bits per heavy atom. The van der Waals surface area contributed by atoms with E-state index in [-0.39, 0.29) is 6.03 Å². The lowest BCUT2D eigenvalue weighted by molar-refractivity contribution is 0.252. The molecule has 0 fully saturated rings. The number of rotatable bonds is 5. The molecule has 0 bridgehead atoms. The fourth-order valence-electron chi connectivity index (χ4n) is 2.11. The molecule has 7 heteroatoms. The van der Waals surface area contributed by atoms with Crippen molar-refractivity contribution in [2.45, 2.75) is 13.5 Å². The van der Waals surface area contributed by atoms with Crippen molar-refractivity contribution in [3.8, 4) is 15.6 Å². The van der Waals surface area contributed by atoms with Gasteiger partial charge in [0.25, 0.3) is 0 Å². The minimum atomic E-state index is -0.245. The number of ether oxygens (including phenoxy) is 1. The second-order valence-electron chi connectivity index (χ2n) is 5.04. The fraction of sp³-hybridized carbons (Fsp3) is 0.176. The van der Waals surface area contributed by atoms with E-state index in [1.54, 1.807) is 54.0 Å². The maximum atomic E-state index is 12.0. The van der Waals surface area contributed by atoms with Gasteiger partial charge < -0.3 is 15.4 Å². The normalized spacial score (nSPS) is 10.4. The molecular formula is C17H17N3O2S2. The van der Waals surface area contributed by atoms with Crippen LogP contribution in [0, 0.1) is 6.92 Å². The summed E-state index contributed by atoms with van der Waals surface area (Å²) in [6.07, 6.45) is 0. The number of hydrogen-bond acceptors (Lipinski definition) is 5. The molecule has 1 aromatic carbocycles. The van der Waals surface area contributed by atoms with E-state index in [1.807, 2.05) is 18.4 Å². The largest absolute Gasteiger partial charge is 0.497 e. The number of nitrogens with zero attached hydrogens (tertiary/aromatic N) is 1. The highest BCUT2D eigenvalue weighted by atomic mass is 32.1. The van der Waals surface area contributed by atoms with Crippen molar-refractivity contribution >= 4 is 34.4 Å². The molecule has 5 nitrogen and oxygen atoms in total. The Labute approximate surface area is 148 Å². The monoisotopic (exact) mass is 359 g/mol. The highest BCUT2D eigenvalue weighted by Crippen LogP contribution is 2.30. The second kappa shape index (κ2) is 7.46. The van der Waals surface area contributed by atoms with Crippen LogP contribution >= 0.6 is 22.7 Å². The van der Waals surface area contributed by atoms with Gasteiger partial charge in [-0.05, 0) is 42.6 Å². The van der Waals surface area contributed by atoms with Gasteiger partial charge in [-0.1, -0.05) is 6.07 Å². The van der Waals surface area contributed by atoms with E-state index in [4.69, 9.17) is 4.74 Å². The van der Waals surface area contributed by atoms with Gasteiger partial charge in [-0.15, -0.1) is 22.7 Å². The summed E-state index contributed by atoms with van der Waals surface area (Å²) in [7, 11) is 1.61. The van der Waals surface area contributed by atoms with Crippen molar-refractivity contribution in [3.63, 3.8) is 0 Å². The van der Waals surface area contributed by atoms with Crippen molar-refractivity contribution < 1.29 is 9.53 Å². The highest BCUT2D eigenvalue weighted by Gasteiger charge is 2.11. The van der Waals surface area contributed by atoms with Crippen LogP contribution in [0.15, 0.2) is 41.8 Å². The molecule has 0 aliphatic heterocycles. The van der Waals surface area contributed by atoms with Crippen LogP contribution in [0.3, 0.4) is 0 Å². The summed E-state index contributed by atoms with van der Waals surface area (Å²) in [6, 6.07) is 11.0. The van der Waals surface area contributed by atoms with Crippen LogP contribution in [0.1, 0.15) is 10.6 Å². The number of methoxy groups -OCH3 is 1. The first-order chi connectivity index (χ1) is 11.7. The first-order valence-corrected chi connectivity index (χ1v) is 9.04. The molecule has 0 saturated heterocycles. The summed E-state index contributed by atoms with van der Waals surface area (Å²) in [6.45, 7) is 2.42. The summed E-state index contributed by atoms with van der Waals surface area (Å²) in [5.74, 6) is 0.752.